The van der Waals surface area contributed by atoms with Crippen LogP contribution in [0, 0.1) is 0 Å². The lowest BCUT2D eigenvalue weighted by atomic mass is 10.1. The molecule has 3 rings (SSSR count). The van der Waals surface area contributed by atoms with E-state index >= 15 is 0 Å². The van der Waals surface area contributed by atoms with Crippen molar-refractivity contribution in [3.63, 3.8) is 0 Å². The molecule has 128 valence electrons. The summed E-state index contributed by atoms with van der Waals surface area (Å²) in [5.41, 5.74) is 1.91. The second kappa shape index (κ2) is 7.72. The van der Waals surface area contributed by atoms with Crippen molar-refractivity contribution in [3.8, 4) is 5.82 Å². The number of aromatic nitrogens is 3. The van der Waals surface area contributed by atoms with Gasteiger partial charge >= 0.3 is 0 Å². The van der Waals surface area contributed by atoms with E-state index in [1.807, 2.05) is 73.7 Å². The van der Waals surface area contributed by atoms with Gasteiger partial charge in [-0.15, -0.1) is 0 Å². The zero-order chi connectivity index (χ0) is 17.6. The molecule has 0 spiro atoms. The lowest BCUT2D eigenvalue weighted by molar-refractivity contribution is -0.125. The summed E-state index contributed by atoms with van der Waals surface area (Å²) < 4.78 is 1.69. The first kappa shape index (κ1) is 16.9. The van der Waals surface area contributed by atoms with Gasteiger partial charge in [-0.05, 0) is 37.4 Å². The number of rotatable bonds is 6. The zero-order valence-corrected chi connectivity index (χ0v) is 14.3. The van der Waals surface area contributed by atoms with Crippen molar-refractivity contribution in [1.82, 2.24) is 25.0 Å². The quantitative estimate of drug-likeness (QED) is 0.750. The van der Waals surface area contributed by atoms with E-state index in [9.17, 15) is 4.79 Å². The van der Waals surface area contributed by atoms with Gasteiger partial charge in [0.2, 0.25) is 5.91 Å². The van der Waals surface area contributed by atoms with Crippen LogP contribution in [0.2, 0.25) is 0 Å². The molecule has 1 atom stereocenters. The average Bonchev–Trinajstić information content (AvgIpc) is 3.16. The molecule has 0 aliphatic rings. The number of pyridine rings is 1. The molecule has 0 saturated heterocycles. The van der Waals surface area contributed by atoms with E-state index in [1.54, 1.807) is 17.1 Å². The van der Waals surface area contributed by atoms with Crippen molar-refractivity contribution in [2.24, 2.45) is 0 Å². The number of carbonyl (C=O) groups excluding carboxylic acids is 1. The van der Waals surface area contributed by atoms with Crippen LogP contribution < -0.4 is 5.32 Å². The van der Waals surface area contributed by atoms with Crippen LogP contribution in [0.15, 0.2) is 67.1 Å². The first-order valence-corrected chi connectivity index (χ1v) is 8.09. The molecule has 0 radical (unpaired) electrons. The van der Waals surface area contributed by atoms with Gasteiger partial charge < -0.3 is 5.32 Å². The minimum atomic E-state index is -0.322. The number of likely N-dealkylation sites (N-methyl/N-ethyl adjacent to an activating group) is 1. The highest BCUT2D eigenvalue weighted by molar-refractivity contribution is 5.83. The van der Waals surface area contributed by atoms with Crippen molar-refractivity contribution >= 4 is 5.91 Å². The highest BCUT2D eigenvalue weighted by Gasteiger charge is 2.22. The third kappa shape index (κ3) is 4.10. The molecule has 6 nitrogen and oxygen atoms in total. The summed E-state index contributed by atoms with van der Waals surface area (Å²) in [6, 6.07) is 15.1. The Morgan fingerprint density at radius 3 is 2.56 bits per heavy atom. The highest BCUT2D eigenvalue weighted by atomic mass is 16.2. The van der Waals surface area contributed by atoms with E-state index in [1.165, 1.54) is 0 Å². The van der Waals surface area contributed by atoms with Crippen LogP contribution in [-0.2, 0) is 11.3 Å². The lowest BCUT2D eigenvalue weighted by Gasteiger charge is -2.23. The zero-order valence-electron chi connectivity index (χ0n) is 14.3. The molecule has 0 fully saturated rings. The van der Waals surface area contributed by atoms with Crippen LogP contribution in [0.4, 0.5) is 0 Å². The maximum absolute atomic E-state index is 12.6. The van der Waals surface area contributed by atoms with Crippen molar-refractivity contribution in [2.75, 3.05) is 14.1 Å². The average molecular weight is 335 g/mol. The SMILES string of the molecule is CN(C)C(C(=O)NCc1ccc(-n2cccn2)nc1)c1ccccc1. The Morgan fingerprint density at radius 1 is 1.16 bits per heavy atom. The molecule has 1 unspecified atom stereocenters. The fraction of sp³-hybridized carbons (Fsp3) is 0.211. The maximum Gasteiger partial charge on any atom is 0.242 e. The second-order valence-corrected chi connectivity index (χ2v) is 5.97. The van der Waals surface area contributed by atoms with Gasteiger partial charge in [-0.3, -0.25) is 9.69 Å². The topological polar surface area (TPSA) is 63.1 Å². The van der Waals surface area contributed by atoms with Crippen molar-refractivity contribution in [2.45, 2.75) is 12.6 Å². The van der Waals surface area contributed by atoms with Crippen LogP contribution in [0.3, 0.4) is 0 Å². The number of nitrogens with zero attached hydrogens (tertiary/aromatic N) is 4. The van der Waals surface area contributed by atoms with Gasteiger partial charge in [-0.2, -0.15) is 5.10 Å². The summed E-state index contributed by atoms with van der Waals surface area (Å²) in [6.07, 6.45) is 5.30. The molecular formula is C19H21N5O. The van der Waals surface area contributed by atoms with Crippen LogP contribution >= 0.6 is 0 Å². The van der Waals surface area contributed by atoms with Crippen molar-refractivity contribution < 1.29 is 4.79 Å². The van der Waals surface area contributed by atoms with Gasteiger partial charge in [-0.25, -0.2) is 9.67 Å². The summed E-state index contributed by atoms with van der Waals surface area (Å²) >= 11 is 0. The fourth-order valence-corrected chi connectivity index (χ4v) is 2.67. The van der Waals surface area contributed by atoms with E-state index in [-0.39, 0.29) is 11.9 Å². The lowest BCUT2D eigenvalue weighted by Crippen LogP contribution is -2.36. The van der Waals surface area contributed by atoms with Crippen LogP contribution in [0.25, 0.3) is 5.82 Å². The van der Waals surface area contributed by atoms with Crippen LogP contribution in [-0.4, -0.2) is 39.7 Å². The van der Waals surface area contributed by atoms with Crippen molar-refractivity contribution in [1.29, 1.82) is 0 Å². The molecule has 2 aromatic heterocycles. The van der Waals surface area contributed by atoms with Crippen molar-refractivity contribution in [3.05, 3.63) is 78.2 Å². The molecule has 6 heteroatoms. The molecule has 25 heavy (non-hydrogen) atoms. The highest BCUT2D eigenvalue weighted by Crippen LogP contribution is 2.18. The summed E-state index contributed by atoms with van der Waals surface area (Å²) in [5.74, 6) is 0.711. The van der Waals surface area contributed by atoms with Gasteiger partial charge in [0.15, 0.2) is 5.82 Å². The fourth-order valence-electron chi connectivity index (χ4n) is 2.67. The predicted octanol–water partition coefficient (Wildman–Crippen LogP) is 2.19. The minimum absolute atomic E-state index is 0.0349. The Kier molecular flexibility index (Phi) is 5.20. The van der Waals surface area contributed by atoms with E-state index in [0.717, 1.165) is 16.9 Å². The van der Waals surface area contributed by atoms with Gasteiger partial charge in [-0.1, -0.05) is 36.4 Å². The Morgan fingerprint density at radius 2 is 1.96 bits per heavy atom. The molecular weight excluding hydrogens is 314 g/mol. The first-order valence-electron chi connectivity index (χ1n) is 8.09. The van der Waals surface area contributed by atoms with Gasteiger partial charge in [0, 0.05) is 25.1 Å². The second-order valence-electron chi connectivity index (χ2n) is 5.97. The van der Waals surface area contributed by atoms with E-state index in [0.29, 0.717) is 6.54 Å². The molecule has 0 bridgehead atoms. The minimum Gasteiger partial charge on any atom is -0.350 e. The number of nitrogens with one attached hydrogen (secondary N) is 1. The summed E-state index contributed by atoms with van der Waals surface area (Å²) in [6.45, 7) is 0.433. The predicted molar refractivity (Wildman–Crippen MR) is 96.1 cm³/mol. The molecule has 1 amide bonds. The standard InChI is InChI=1S/C19H21N5O/c1-23(2)18(16-7-4-3-5-8-16)19(25)21-14-15-9-10-17(20-13-15)24-12-6-11-22-24/h3-13,18H,14H2,1-2H3,(H,21,25). The Hall–Kier alpha value is -2.99. The molecule has 1 aromatic carbocycles. The normalized spacial score (nSPS) is 12.1. The Labute approximate surface area is 147 Å². The van der Waals surface area contributed by atoms with E-state index < -0.39 is 0 Å². The molecule has 0 saturated carbocycles. The summed E-state index contributed by atoms with van der Waals surface area (Å²) in [5, 5.41) is 7.14. The summed E-state index contributed by atoms with van der Waals surface area (Å²) in [4.78, 5) is 18.9. The molecule has 2 heterocycles. The van der Waals surface area contributed by atoms with Gasteiger partial charge in [0.05, 0.1) is 0 Å². The smallest absolute Gasteiger partial charge is 0.242 e. The Bertz CT molecular complexity index is 798. The number of benzene rings is 1. The van der Waals surface area contributed by atoms with Gasteiger partial charge in [0.25, 0.3) is 0 Å². The van der Waals surface area contributed by atoms with Crippen LogP contribution in [0.5, 0.6) is 0 Å². The number of carbonyl (C=O) groups is 1. The maximum atomic E-state index is 12.6. The largest absolute Gasteiger partial charge is 0.350 e. The molecule has 3 aromatic rings. The third-order valence-corrected chi connectivity index (χ3v) is 3.90. The number of hydrogen-bond donors (Lipinski definition) is 1. The molecule has 0 aliphatic carbocycles. The van der Waals surface area contributed by atoms with E-state index in [4.69, 9.17) is 0 Å². The van der Waals surface area contributed by atoms with E-state index in [2.05, 4.69) is 15.4 Å². The number of hydrogen-bond acceptors (Lipinski definition) is 4. The third-order valence-electron chi connectivity index (χ3n) is 3.90. The summed E-state index contributed by atoms with van der Waals surface area (Å²) in [7, 11) is 3.80. The molecule has 1 N–H and O–H groups in total. The first-order chi connectivity index (χ1) is 12.1. The monoisotopic (exact) mass is 335 g/mol. The van der Waals surface area contributed by atoms with Crippen LogP contribution in [0.1, 0.15) is 17.2 Å². The molecule has 0 aliphatic heterocycles. The van der Waals surface area contributed by atoms with Gasteiger partial charge in [0.1, 0.15) is 6.04 Å². The number of amides is 1. The Balaban J connectivity index is 1.65.